The molecule has 0 saturated carbocycles. The number of hydrogen-bond donors (Lipinski definition) is 3. The number of carboxylic acids is 1. The Bertz CT molecular complexity index is 490. The molecule has 1 rings (SSSR count). The minimum atomic E-state index is -1.48. The van der Waals surface area contributed by atoms with Crippen molar-refractivity contribution in [1.29, 1.82) is 0 Å². The van der Waals surface area contributed by atoms with Crippen molar-refractivity contribution in [3.63, 3.8) is 0 Å². The quantitative estimate of drug-likeness (QED) is 0.496. The van der Waals surface area contributed by atoms with E-state index in [9.17, 15) is 14.4 Å². The van der Waals surface area contributed by atoms with Crippen molar-refractivity contribution in [3.8, 4) is 0 Å². The molecule has 120 valence electrons. The number of unbranched alkanes of at least 4 members (excludes halogenated alkanes) is 2. The largest absolute Gasteiger partial charge is 0.474 e. The molecule has 0 fully saturated rings. The van der Waals surface area contributed by atoms with E-state index in [0.717, 1.165) is 18.4 Å². The molecule has 0 bridgehead atoms. The summed E-state index contributed by atoms with van der Waals surface area (Å²) in [6.45, 7) is 1.01. The van der Waals surface area contributed by atoms with Gasteiger partial charge in [0.05, 0.1) is 0 Å². The molecule has 0 atom stereocenters. The van der Waals surface area contributed by atoms with Crippen LogP contribution in [0.3, 0.4) is 0 Å². The van der Waals surface area contributed by atoms with Gasteiger partial charge in [0.15, 0.2) is 0 Å². The van der Waals surface area contributed by atoms with Crippen LogP contribution in [-0.4, -0.2) is 36.2 Å². The first-order valence-corrected chi connectivity index (χ1v) is 7.05. The summed E-state index contributed by atoms with van der Waals surface area (Å²) in [6, 6.07) is 9.39. The highest BCUT2D eigenvalue weighted by atomic mass is 16.5. The zero-order chi connectivity index (χ0) is 16.2. The smallest absolute Gasteiger partial charge is 0.407 e. The molecular weight excluding hydrogens is 288 g/mol. The van der Waals surface area contributed by atoms with Crippen LogP contribution in [0.1, 0.15) is 24.8 Å². The fraction of sp³-hybridized carbons (Fsp3) is 0.400. The van der Waals surface area contributed by atoms with Crippen LogP contribution in [0.25, 0.3) is 0 Å². The first-order valence-electron chi connectivity index (χ1n) is 7.05. The lowest BCUT2D eigenvalue weighted by Gasteiger charge is -2.07. The number of carbonyl (C=O) groups is 3. The van der Waals surface area contributed by atoms with Crippen LogP contribution in [0.4, 0.5) is 4.79 Å². The fourth-order valence-corrected chi connectivity index (χ4v) is 1.67. The number of hydrogen-bond acceptors (Lipinski definition) is 4. The lowest BCUT2D eigenvalue weighted by Crippen LogP contribution is -2.31. The van der Waals surface area contributed by atoms with E-state index in [1.54, 1.807) is 0 Å². The number of alkyl carbamates (subject to hydrolysis) is 1. The lowest BCUT2D eigenvalue weighted by molar-refractivity contribution is -0.150. The number of aliphatic carboxylic acids is 1. The highest BCUT2D eigenvalue weighted by Gasteiger charge is 2.08. The molecule has 1 aromatic carbocycles. The number of rotatable bonds is 8. The highest BCUT2D eigenvalue weighted by molar-refractivity contribution is 6.31. The molecule has 2 amide bonds. The average molecular weight is 308 g/mol. The molecule has 0 aliphatic carbocycles. The molecule has 0 aromatic heterocycles. The standard InChI is InChI=1S/C15H20N2O5/c18-13(14(19)20)16-9-5-2-6-10-17-15(21)22-11-12-7-3-1-4-8-12/h1,3-4,7-8H,2,5-6,9-11H2,(H,16,18)(H,17,21)(H,19,20). The van der Waals surface area contributed by atoms with Gasteiger partial charge in [-0.1, -0.05) is 30.3 Å². The summed E-state index contributed by atoms with van der Waals surface area (Å²) < 4.78 is 5.04. The number of carbonyl (C=O) groups excluding carboxylic acids is 2. The molecule has 3 N–H and O–H groups in total. The minimum Gasteiger partial charge on any atom is -0.474 e. The Morgan fingerprint density at radius 2 is 1.59 bits per heavy atom. The molecule has 0 unspecified atom stereocenters. The van der Waals surface area contributed by atoms with Crippen molar-refractivity contribution in [1.82, 2.24) is 10.6 Å². The zero-order valence-corrected chi connectivity index (χ0v) is 12.2. The van der Waals surface area contributed by atoms with Crippen LogP contribution in [0.5, 0.6) is 0 Å². The van der Waals surface area contributed by atoms with Crippen molar-refractivity contribution >= 4 is 18.0 Å². The van der Waals surface area contributed by atoms with Crippen LogP contribution >= 0.6 is 0 Å². The predicted octanol–water partition coefficient (Wildman–Crippen LogP) is 1.28. The zero-order valence-electron chi connectivity index (χ0n) is 12.2. The summed E-state index contributed by atoms with van der Waals surface area (Å²) in [5.74, 6) is -2.48. The van der Waals surface area contributed by atoms with Gasteiger partial charge in [0.2, 0.25) is 0 Å². The normalized spacial score (nSPS) is 9.82. The van der Waals surface area contributed by atoms with E-state index in [1.165, 1.54) is 0 Å². The Kier molecular flexibility index (Phi) is 8.10. The number of benzene rings is 1. The molecule has 7 heteroatoms. The molecular formula is C15H20N2O5. The second kappa shape index (κ2) is 10.2. The van der Waals surface area contributed by atoms with Crippen LogP contribution in [0.15, 0.2) is 30.3 Å². The first kappa shape index (κ1) is 17.5. The van der Waals surface area contributed by atoms with Crippen molar-refractivity contribution in [2.24, 2.45) is 0 Å². The second-order valence-electron chi connectivity index (χ2n) is 4.61. The van der Waals surface area contributed by atoms with Crippen LogP contribution in [0.2, 0.25) is 0 Å². The van der Waals surface area contributed by atoms with Gasteiger partial charge >= 0.3 is 18.0 Å². The fourth-order valence-electron chi connectivity index (χ4n) is 1.67. The van der Waals surface area contributed by atoms with E-state index in [2.05, 4.69) is 10.6 Å². The van der Waals surface area contributed by atoms with Gasteiger partial charge in [0, 0.05) is 13.1 Å². The number of carboxylic acid groups (broad SMARTS) is 1. The molecule has 0 radical (unpaired) electrons. The summed E-state index contributed by atoms with van der Waals surface area (Å²) in [4.78, 5) is 32.4. The predicted molar refractivity (Wildman–Crippen MR) is 79.1 cm³/mol. The molecule has 0 saturated heterocycles. The van der Waals surface area contributed by atoms with Crippen molar-refractivity contribution in [2.75, 3.05) is 13.1 Å². The Morgan fingerprint density at radius 3 is 2.23 bits per heavy atom. The summed E-state index contributed by atoms with van der Waals surface area (Å²) >= 11 is 0. The molecule has 7 nitrogen and oxygen atoms in total. The van der Waals surface area contributed by atoms with Crippen LogP contribution in [0, 0.1) is 0 Å². The van der Waals surface area contributed by atoms with E-state index < -0.39 is 18.0 Å². The minimum absolute atomic E-state index is 0.230. The van der Waals surface area contributed by atoms with E-state index in [-0.39, 0.29) is 6.61 Å². The number of ether oxygens (including phenoxy) is 1. The van der Waals surface area contributed by atoms with E-state index in [4.69, 9.17) is 9.84 Å². The molecule has 0 aliphatic rings. The van der Waals surface area contributed by atoms with E-state index >= 15 is 0 Å². The second-order valence-corrected chi connectivity index (χ2v) is 4.61. The molecule has 0 aliphatic heterocycles. The van der Waals surface area contributed by atoms with Gasteiger partial charge in [0.1, 0.15) is 6.61 Å². The first-order chi connectivity index (χ1) is 10.6. The van der Waals surface area contributed by atoms with Crippen LogP contribution < -0.4 is 10.6 Å². The third kappa shape index (κ3) is 7.88. The van der Waals surface area contributed by atoms with Crippen LogP contribution in [-0.2, 0) is 20.9 Å². The summed E-state index contributed by atoms with van der Waals surface area (Å²) in [7, 11) is 0. The molecule has 0 heterocycles. The van der Waals surface area contributed by atoms with Gasteiger partial charge in [0.25, 0.3) is 0 Å². The van der Waals surface area contributed by atoms with Crippen molar-refractivity contribution < 1.29 is 24.2 Å². The number of nitrogens with one attached hydrogen (secondary N) is 2. The van der Waals surface area contributed by atoms with Crippen molar-refractivity contribution in [3.05, 3.63) is 35.9 Å². The molecule has 22 heavy (non-hydrogen) atoms. The lowest BCUT2D eigenvalue weighted by atomic mass is 10.2. The summed E-state index contributed by atoms with van der Waals surface area (Å²) in [5, 5.41) is 13.2. The van der Waals surface area contributed by atoms with Crippen molar-refractivity contribution in [2.45, 2.75) is 25.9 Å². The topological polar surface area (TPSA) is 105 Å². The highest BCUT2D eigenvalue weighted by Crippen LogP contribution is 2.00. The van der Waals surface area contributed by atoms with Gasteiger partial charge in [-0.3, -0.25) is 4.79 Å². The van der Waals surface area contributed by atoms with Gasteiger partial charge in [-0.05, 0) is 24.8 Å². The molecule has 0 spiro atoms. The Hall–Kier alpha value is -2.57. The maximum atomic E-state index is 11.4. The Morgan fingerprint density at radius 1 is 0.955 bits per heavy atom. The third-order valence-electron chi connectivity index (χ3n) is 2.82. The molecule has 1 aromatic rings. The third-order valence-corrected chi connectivity index (χ3v) is 2.82. The van der Waals surface area contributed by atoms with Gasteiger partial charge in [-0.15, -0.1) is 0 Å². The van der Waals surface area contributed by atoms with Gasteiger partial charge in [-0.25, -0.2) is 9.59 Å². The van der Waals surface area contributed by atoms with Gasteiger partial charge < -0.3 is 20.5 Å². The SMILES string of the molecule is O=C(NCCCCCNC(=O)C(=O)O)OCc1ccccc1. The maximum Gasteiger partial charge on any atom is 0.407 e. The Balaban J connectivity index is 1.97. The Labute approximate surface area is 128 Å². The summed E-state index contributed by atoms with van der Waals surface area (Å²) in [6.07, 6.45) is 1.67. The number of amides is 2. The van der Waals surface area contributed by atoms with E-state index in [0.29, 0.717) is 19.5 Å². The monoisotopic (exact) mass is 308 g/mol. The maximum absolute atomic E-state index is 11.4. The average Bonchev–Trinajstić information content (AvgIpc) is 2.52. The van der Waals surface area contributed by atoms with E-state index in [1.807, 2.05) is 30.3 Å². The van der Waals surface area contributed by atoms with Gasteiger partial charge in [-0.2, -0.15) is 0 Å². The summed E-state index contributed by atoms with van der Waals surface area (Å²) in [5.41, 5.74) is 0.923.